The lowest BCUT2D eigenvalue weighted by molar-refractivity contribution is -0.471. The van der Waals surface area contributed by atoms with Gasteiger partial charge in [-0.05, 0) is 5.56 Å². The van der Waals surface area contributed by atoms with Crippen LogP contribution in [0.2, 0.25) is 0 Å². The van der Waals surface area contributed by atoms with Gasteiger partial charge in [-0.2, -0.15) is 0 Å². The Balaban J connectivity index is 1.96. The number of methoxy groups -OCH3 is 1. The van der Waals surface area contributed by atoms with Crippen LogP contribution in [0.4, 0.5) is 0 Å². The van der Waals surface area contributed by atoms with Gasteiger partial charge in [-0.25, -0.2) is 4.99 Å². The molecule has 0 unspecified atom stereocenters. The van der Waals surface area contributed by atoms with Crippen LogP contribution in [0, 0.1) is 0 Å². The molecule has 3 nitrogen and oxygen atoms in total. The molecule has 0 aromatic heterocycles. The number of hydrogen-bond donors (Lipinski definition) is 2. The molecule has 2 N–H and O–H groups in total. The number of allylic oxidation sites excluding steroid dienone is 2. The van der Waals surface area contributed by atoms with Gasteiger partial charge in [0.05, 0.1) is 7.11 Å². The monoisotopic (exact) mass is 274 g/mol. The Morgan fingerprint density at radius 1 is 1.32 bits per heavy atom. The Labute approximate surface area is 116 Å². The van der Waals surface area contributed by atoms with E-state index in [0.717, 1.165) is 21.1 Å². The second kappa shape index (κ2) is 5.13. The zero-order valence-corrected chi connectivity index (χ0v) is 11.5. The van der Waals surface area contributed by atoms with Gasteiger partial charge in [0.1, 0.15) is 0 Å². The number of thioether (sulfide) groups is 1. The number of aliphatic hydroxyl groups is 1. The normalized spacial score (nSPS) is 23.4. The summed E-state index contributed by atoms with van der Waals surface area (Å²) in [4.78, 5) is 5.34. The number of benzene rings is 1. The van der Waals surface area contributed by atoms with Gasteiger partial charge in [-0.15, -0.1) is 0 Å². The first-order valence-electron chi connectivity index (χ1n) is 6.34. The Hall–Kier alpha value is -1.68. The standard InChI is InChI=1S/C15H15NO2S/c1-18-15(17)14-12(16-11-7-8-11)9-13(19-14)10-5-3-2-4-6-10/h2-6,9,11,17H,7-8H2,1H3/p+1. The van der Waals surface area contributed by atoms with E-state index in [9.17, 15) is 5.11 Å². The van der Waals surface area contributed by atoms with Crippen molar-refractivity contribution in [1.29, 1.82) is 0 Å². The van der Waals surface area contributed by atoms with Gasteiger partial charge in [0.2, 0.25) is 5.71 Å². The Morgan fingerprint density at radius 2 is 2.05 bits per heavy atom. The molecule has 0 spiro atoms. The first-order valence-corrected chi connectivity index (χ1v) is 7.15. The van der Waals surface area contributed by atoms with Gasteiger partial charge in [-0.3, -0.25) is 0 Å². The first kappa shape index (κ1) is 12.4. The lowest BCUT2D eigenvalue weighted by Gasteiger charge is -2.02. The molecule has 1 aliphatic heterocycles. The average Bonchev–Trinajstić information content (AvgIpc) is 3.16. The van der Waals surface area contributed by atoms with Crippen molar-refractivity contribution < 1.29 is 14.8 Å². The molecule has 1 heterocycles. The minimum atomic E-state index is -0.0182. The zero-order valence-electron chi connectivity index (χ0n) is 10.7. The predicted molar refractivity (Wildman–Crippen MR) is 77.7 cm³/mol. The lowest BCUT2D eigenvalue weighted by Crippen LogP contribution is -2.74. The summed E-state index contributed by atoms with van der Waals surface area (Å²) in [7, 11) is 1.48. The first-order chi connectivity index (χ1) is 9.28. The maximum absolute atomic E-state index is 9.87. The maximum Gasteiger partial charge on any atom is 0.297 e. The third-order valence-electron chi connectivity index (χ3n) is 3.11. The number of aliphatic hydroxyl groups excluding tert-OH is 1. The van der Waals surface area contributed by atoms with Crippen LogP contribution in [0.5, 0.6) is 0 Å². The number of nitrogens with one attached hydrogen (secondary N) is 1. The van der Waals surface area contributed by atoms with Crippen LogP contribution < -0.4 is 4.99 Å². The maximum atomic E-state index is 9.87. The van der Waals surface area contributed by atoms with Gasteiger partial charge in [0.15, 0.2) is 10.9 Å². The highest BCUT2D eigenvalue weighted by atomic mass is 32.2. The van der Waals surface area contributed by atoms with E-state index >= 15 is 0 Å². The molecule has 1 aromatic carbocycles. The highest BCUT2D eigenvalue weighted by molar-refractivity contribution is 8.13. The van der Waals surface area contributed by atoms with E-state index in [1.54, 1.807) is 11.8 Å². The van der Waals surface area contributed by atoms with Crippen LogP contribution >= 0.6 is 11.8 Å². The van der Waals surface area contributed by atoms with Crippen molar-refractivity contribution in [3.63, 3.8) is 0 Å². The summed E-state index contributed by atoms with van der Waals surface area (Å²) in [5.41, 5.74) is 2.12. The fourth-order valence-corrected chi connectivity index (χ4v) is 2.99. The molecule has 0 atom stereocenters. The molecule has 1 fully saturated rings. The Morgan fingerprint density at radius 3 is 2.68 bits per heavy atom. The number of ether oxygens (including phenoxy) is 1. The van der Waals surface area contributed by atoms with E-state index in [1.165, 1.54) is 20.0 Å². The van der Waals surface area contributed by atoms with Gasteiger partial charge >= 0.3 is 0 Å². The third kappa shape index (κ3) is 2.68. The summed E-state index contributed by atoms with van der Waals surface area (Å²) in [6.45, 7) is 0. The molecule has 1 aliphatic carbocycles. The van der Waals surface area contributed by atoms with Crippen molar-refractivity contribution in [3.8, 4) is 0 Å². The Bertz CT molecular complexity index is 571. The van der Waals surface area contributed by atoms with E-state index in [4.69, 9.17) is 4.74 Å². The molecular weight excluding hydrogens is 258 g/mol. The summed E-state index contributed by atoms with van der Waals surface area (Å²) in [5.74, 6) is -0.0182. The summed E-state index contributed by atoms with van der Waals surface area (Å²) >= 11 is 1.54. The topological polar surface area (TPSA) is 43.4 Å². The summed E-state index contributed by atoms with van der Waals surface area (Å²) < 4.78 is 4.97. The number of hydrogen-bond acceptors (Lipinski definition) is 3. The molecule has 0 saturated heterocycles. The molecule has 4 heteroatoms. The highest BCUT2D eigenvalue weighted by Gasteiger charge is 2.33. The molecule has 1 aromatic rings. The molecule has 1 saturated carbocycles. The van der Waals surface area contributed by atoms with Crippen molar-refractivity contribution in [2.75, 3.05) is 7.11 Å². The van der Waals surface area contributed by atoms with E-state index < -0.39 is 0 Å². The minimum Gasteiger partial charge on any atom is -0.480 e. The fraction of sp³-hybridized carbons (Fsp3) is 0.267. The molecule has 19 heavy (non-hydrogen) atoms. The van der Waals surface area contributed by atoms with Gasteiger partial charge in [-0.1, -0.05) is 42.1 Å². The molecule has 0 amide bonds. The third-order valence-corrected chi connectivity index (χ3v) is 4.29. The van der Waals surface area contributed by atoms with Gasteiger partial charge < -0.3 is 9.84 Å². The van der Waals surface area contributed by atoms with Crippen LogP contribution in [-0.2, 0) is 4.74 Å². The SMILES string of the molecule is COC(O)=C1SC(c2ccccc2)=CC1=[NH+]C1CC1. The largest absolute Gasteiger partial charge is 0.480 e. The van der Waals surface area contributed by atoms with Crippen molar-refractivity contribution in [2.45, 2.75) is 18.9 Å². The van der Waals surface area contributed by atoms with Gasteiger partial charge in [0, 0.05) is 23.8 Å². The van der Waals surface area contributed by atoms with Crippen LogP contribution in [-0.4, -0.2) is 24.0 Å². The second-order valence-electron chi connectivity index (χ2n) is 4.65. The summed E-state index contributed by atoms with van der Waals surface area (Å²) in [6, 6.07) is 10.7. The smallest absolute Gasteiger partial charge is 0.297 e. The van der Waals surface area contributed by atoms with E-state index in [2.05, 4.69) is 23.2 Å². The molecule has 3 rings (SSSR count). The molecule has 0 radical (unpaired) electrons. The van der Waals surface area contributed by atoms with Crippen molar-refractivity contribution >= 4 is 22.4 Å². The van der Waals surface area contributed by atoms with E-state index in [-0.39, 0.29) is 5.95 Å². The van der Waals surface area contributed by atoms with Crippen molar-refractivity contribution in [1.82, 2.24) is 0 Å². The minimum absolute atomic E-state index is 0.0182. The van der Waals surface area contributed by atoms with E-state index in [1.807, 2.05) is 18.2 Å². The Kier molecular flexibility index (Phi) is 3.34. The second-order valence-corrected chi connectivity index (χ2v) is 5.70. The van der Waals surface area contributed by atoms with Crippen LogP contribution in [0.15, 0.2) is 47.3 Å². The highest BCUT2D eigenvalue weighted by Crippen LogP contribution is 2.40. The molecule has 98 valence electrons. The summed E-state index contributed by atoms with van der Waals surface area (Å²) in [6.07, 6.45) is 4.48. The molecule has 0 bridgehead atoms. The predicted octanol–water partition coefficient (Wildman–Crippen LogP) is 1.83. The molecular formula is C15H16NO2S+. The van der Waals surface area contributed by atoms with Crippen LogP contribution in [0.25, 0.3) is 4.91 Å². The van der Waals surface area contributed by atoms with E-state index in [0.29, 0.717) is 6.04 Å². The molecule has 2 aliphatic rings. The fourth-order valence-electron chi connectivity index (χ4n) is 1.94. The lowest BCUT2D eigenvalue weighted by atomic mass is 10.2. The van der Waals surface area contributed by atoms with Crippen molar-refractivity contribution in [3.05, 3.63) is 52.8 Å². The van der Waals surface area contributed by atoms with Crippen molar-refractivity contribution in [2.24, 2.45) is 0 Å². The number of rotatable bonds is 3. The van der Waals surface area contributed by atoms with Crippen LogP contribution in [0.1, 0.15) is 18.4 Å². The van der Waals surface area contributed by atoms with Gasteiger partial charge in [0.25, 0.3) is 5.95 Å². The zero-order chi connectivity index (χ0) is 13.2. The summed E-state index contributed by atoms with van der Waals surface area (Å²) in [5, 5.41) is 9.87. The quantitative estimate of drug-likeness (QED) is 0.827. The average molecular weight is 274 g/mol. The van der Waals surface area contributed by atoms with Crippen LogP contribution in [0.3, 0.4) is 0 Å².